The van der Waals surface area contributed by atoms with E-state index in [1.807, 2.05) is 0 Å². The fourth-order valence-corrected chi connectivity index (χ4v) is 5.19. The first-order chi connectivity index (χ1) is 17.3. The molecule has 5 heterocycles. The zero-order valence-electron chi connectivity index (χ0n) is 20.1. The van der Waals surface area contributed by atoms with Gasteiger partial charge in [-0.1, -0.05) is 6.92 Å². The number of nitrogens with one attached hydrogen (secondary N) is 1. The van der Waals surface area contributed by atoms with Crippen LogP contribution in [0.2, 0.25) is 0 Å². The summed E-state index contributed by atoms with van der Waals surface area (Å²) < 4.78 is 35.0. The van der Waals surface area contributed by atoms with Crippen molar-refractivity contribution in [3.8, 4) is 28.5 Å². The number of rotatable bonds is 6. The maximum absolute atomic E-state index is 15.8. The average molecular weight is 496 g/mol. The van der Waals surface area contributed by atoms with Crippen LogP contribution in [0.4, 0.5) is 14.6 Å². The molecule has 3 aromatic heterocycles. The van der Waals surface area contributed by atoms with Crippen molar-refractivity contribution in [2.75, 3.05) is 25.9 Å². The predicted octanol–water partition coefficient (Wildman–Crippen LogP) is 3.22. The van der Waals surface area contributed by atoms with Crippen LogP contribution in [-0.2, 0) is 0 Å². The molecule has 9 nitrogen and oxygen atoms in total. The number of aromatic nitrogens is 4. The molecule has 6 rings (SSSR count). The maximum atomic E-state index is 15.8. The van der Waals surface area contributed by atoms with Crippen molar-refractivity contribution in [3.05, 3.63) is 47.9 Å². The number of hydrogen-bond donors (Lipinski definition) is 2. The topological polar surface area (TPSA) is 119 Å². The van der Waals surface area contributed by atoms with Crippen molar-refractivity contribution >= 4 is 11.7 Å². The minimum Gasteiger partial charge on any atom is -0.481 e. The standard InChI is InChI=1S/C25H27F2N7O2/c1-3-34-13-25(8-6-15(34)7-9-25)33-24(35)16-10-17(14-4-5-19(36-2)29-11-14)31-21(20(16)26)18-12-30-23(28)22(27)32-18/h4-5,10-12,15H,3,6-9,13H2,1-2H3,(H2,28,30)(H,33,35). The number of ether oxygens (including phenoxy) is 1. The van der Waals surface area contributed by atoms with Gasteiger partial charge in [-0.2, -0.15) is 4.39 Å². The van der Waals surface area contributed by atoms with Gasteiger partial charge in [0.1, 0.15) is 11.4 Å². The van der Waals surface area contributed by atoms with E-state index in [-0.39, 0.29) is 22.6 Å². The zero-order valence-corrected chi connectivity index (χ0v) is 20.1. The Hall–Kier alpha value is -3.73. The summed E-state index contributed by atoms with van der Waals surface area (Å²) in [6.07, 6.45) is 6.27. The first kappa shape index (κ1) is 24.0. The maximum Gasteiger partial charge on any atom is 0.256 e. The number of carbonyl (C=O) groups is 1. The fraction of sp³-hybridized carbons (Fsp3) is 0.400. The van der Waals surface area contributed by atoms with Crippen molar-refractivity contribution in [1.29, 1.82) is 0 Å². The number of carbonyl (C=O) groups excluding carboxylic acids is 1. The Morgan fingerprint density at radius 3 is 2.61 bits per heavy atom. The number of piperidine rings is 2. The highest BCUT2D eigenvalue weighted by molar-refractivity contribution is 5.97. The van der Waals surface area contributed by atoms with E-state index in [1.165, 1.54) is 19.4 Å². The molecule has 188 valence electrons. The van der Waals surface area contributed by atoms with E-state index >= 15 is 4.39 Å². The van der Waals surface area contributed by atoms with Crippen LogP contribution in [0.3, 0.4) is 0 Å². The molecule has 0 radical (unpaired) electrons. The Labute approximate surface area is 207 Å². The third-order valence-corrected chi connectivity index (χ3v) is 7.16. The summed E-state index contributed by atoms with van der Waals surface area (Å²) in [7, 11) is 1.49. The number of pyridine rings is 2. The van der Waals surface area contributed by atoms with Crippen LogP contribution in [0.1, 0.15) is 43.0 Å². The first-order valence-electron chi connectivity index (χ1n) is 11.9. The number of hydrogen-bond acceptors (Lipinski definition) is 8. The first-order valence-corrected chi connectivity index (χ1v) is 11.9. The van der Waals surface area contributed by atoms with Gasteiger partial charge >= 0.3 is 0 Å². The zero-order chi connectivity index (χ0) is 25.4. The second kappa shape index (κ2) is 9.38. The average Bonchev–Trinajstić information content (AvgIpc) is 2.90. The molecule has 1 aliphatic carbocycles. The van der Waals surface area contributed by atoms with Crippen LogP contribution < -0.4 is 15.8 Å². The highest BCUT2D eigenvalue weighted by Crippen LogP contribution is 2.38. The molecular weight excluding hydrogens is 468 g/mol. The van der Waals surface area contributed by atoms with E-state index in [2.05, 4.69) is 37.1 Å². The molecule has 0 unspecified atom stereocenters. The molecule has 2 aliphatic heterocycles. The molecule has 0 spiro atoms. The van der Waals surface area contributed by atoms with Crippen LogP contribution in [-0.4, -0.2) is 62.5 Å². The molecule has 1 amide bonds. The Kier molecular flexibility index (Phi) is 6.25. The van der Waals surface area contributed by atoms with Crippen molar-refractivity contribution in [3.63, 3.8) is 0 Å². The molecule has 3 aliphatic rings. The molecule has 0 atom stereocenters. The number of nitrogens with zero attached hydrogens (tertiary/aromatic N) is 5. The van der Waals surface area contributed by atoms with Crippen LogP contribution in [0.25, 0.3) is 22.6 Å². The van der Waals surface area contributed by atoms with Crippen LogP contribution in [0, 0.1) is 11.8 Å². The van der Waals surface area contributed by atoms with Crippen molar-refractivity contribution in [2.45, 2.75) is 44.2 Å². The van der Waals surface area contributed by atoms with Gasteiger partial charge in [0.05, 0.1) is 30.1 Å². The Bertz CT molecular complexity index is 1290. The summed E-state index contributed by atoms with van der Waals surface area (Å²) in [4.78, 5) is 31.9. The minimum absolute atomic E-state index is 0.176. The van der Waals surface area contributed by atoms with Gasteiger partial charge in [0.2, 0.25) is 5.88 Å². The molecule has 1 saturated carbocycles. The number of nitrogen functional groups attached to an aromatic ring is 1. The second-order valence-electron chi connectivity index (χ2n) is 9.27. The highest BCUT2D eigenvalue weighted by atomic mass is 19.1. The smallest absolute Gasteiger partial charge is 0.256 e. The third-order valence-electron chi connectivity index (χ3n) is 7.16. The highest BCUT2D eigenvalue weighted by Gasteiger charge is 2.45. The minimum atomic E-state index is -1.05. The number of nitrogens with two attached hydrogens (primary N) is 1. The van der Waals surface area contributed by atoms with Gasteiger partial charge in [-0.15, -0.1) is 0 Å². The van der Waals surface area contributed by atoms with E-state index in [1.54, 1.807) is 12.1 Å². The molecule has 11 heteroatoms. The molecule has 36 heavy (non-hydrogen) atoms. The van der Waals surface area contributed by atoms with Gasteiger partial charge in [0.15, 0.2) is 11.6 Å². The van der Waals surface area contributed by atoms with Crippen LogP contribution >= 0.6 is 0 Å². The summed E-state index contributed by atoms with van der Waals surface area (Å²) in [6.45, 7) is 3.72. The molecular formula is C25H27F2N7O2. The van der Waals surface area contributed by atoms with Crippen molar-refractivity contribution in [2.24, 2.45) is 0 Å². The van der Waals surface area contributed by atoms with Gasteiger partial charge in [-0.25, -0.2) is 24.3 Å². The number of methoxy groups -OCH3 is 1. The van der Waals surface area contributed by atoms with Crippen molar-refractivity contribution in [1.82, 2.24) is 30.2 Å². The predicted molar refractivity (Wildman–Crippen MR) is 129 cm³/mol. The Morgan fingerprint density at radius 2 is 1.97 bits per heavy atom. The summed E-state index contributed by atoms with van der Waals surface area (Å²) in [5.41, 5.74) is 5.11. The molecule has 3 aromatic rings. The number of fused-ring (bicyclic) bond motifs is 3. The van der Waals surface area contributed by atoms with Crippen LogP contribution in [0.5, 0.6) is 5.88 Å². The Morgan fingerprint density at radius 1 is 1.19 bits per heavy atom. The van der Waals surface area contributed by atoms with Gasteiger partial charge in [-0.3, -0.25) is 9.69 Å². The third kappa shape index (κ3) is 4.34. The van der Waals surface area contributed by atoms with E-state index in [0.29, 0.717) is 17.5 Å². The molecule has 2 saturated heterocycles. The van der Waals surface area contributed by atoms with Gasteiger partial charge in [0, 0.05) is 30.4 Å². The van der Waals surface area contributed by atoms with Gasteiger partial charge in [0.25, 0.3) is 11.9 Å². The van der Waals surface area contributed by atoms with E-state index in [9.17, 15) is 9.18 Å². The fourth-order valence-electron chi connectivity index (χ4n) is 5.19. The summed E-state index contributed by atoms with van der Waals surface area (Å²) in [5.74, 6) is -2.55. The summed E-state index contributed by atoms with van der Waals surface area (Å²) in [6, 6.07) is 5.22. The number of halogens is 2. The number of amides is 1. The number of likely N-dealkylation sites (N-methyl/N-ethyl adjacent to an activating group) is 1. The largest absolute Gasteiger partial charge is 0.481 e. The molecule has 3 fully saturated rings. The summed E-state index contributed by atoms with van der Waals surface area (Å²) >= 11 is 0. The van der Waals surface area contributed by atoms with E-state index < -0.39 is 29.0 Å². The van der Waals surface area contributed by atoms with Crippen molar-refractivity contribution < 1.29 is 18.3 Å². The molecule has 3 N–H and O–H groups in total. The lowest BCUT2D eigenvalue weighted by Crippen LogP contribution is -2.65. The lowest BCUT2D eigenvalue weighted by Gasteiger charge is -2.53. The van der Waals surface area contributed by atoms with Gasteiger partial charge < -0.3 is 15.8 Å². The second-order valence-corrected chi connectivity index (χ2v) is 9.27. The lowest BCUT2D eigenvalue weighted by molar-refractivity contribution is 0.0140. The van der Waals surface area contributed by atoms with Crippen LogP contribution in [0.15, 0.2) is 30.6 Å². The van der Waals surface area contributed by atoms with E-state index in [4.69, 9.17) is 10.5 Å². The Balaban J connectivity index is 1.57. The SMILES string of the molecule is CCN1CC2(NC(=O)c3cc(-c4ccc(OC)nc4)nc(-c4cnc(N)c(F)n4)c3F)CCC1CC2. The number of anilines is 1. The van der Waals surface area contributed by atoms with E-state index in [0.717, 1.165) is 45.0 Å². The monoisotopic (exact) mass is 495 g/mol. The lowest BCUT2D eigenvalue weighted by atomic mass is 9.73. The summed E-state index contributed by atoms with van der Waals surface area (Å²) in [5, 5.41) is 3.12. The molecule has 2 bridgehead atoms. The normalized spacial score (nSPS) is 21.4. The van der Waals surface area contributed by atoms with Gasteiger partial charge in [-0.05, 0) is 44.4 Å². The molecule has 0 aromatic carbocycles. The quantitative estimate of drug-likeness (QED) is 0.535.